The van der Waals surface area contributed by atoms with E-state index in [0.29, 0.717) is 6.42 Å². The van der Waals surface area contributed by atoms with Gasteiger partial charge in [0, 0.05) is 68.9 Å². The molecule has 0 unspecified atom stereocenters. The second-order valence-corrected chi connectivity index (χ2v) is 30.0. The number of carbonyl (C=O) groups is 11. The Bertz CT molecular complexity index is 2640. The van der Waals surface area contributed by atoms with E-state index in [9.17, 15) is 29.4 Å². The molecule has 2 saturated heterocycles. The van der Waals surface area contributed by atoms with Gasteiger partial charge in [-0.1, -0.05) is 102 Å². The summed E-state index contributed by atoms with van der Waals surface area (Å²) in [5.41, 5.74) is -1.61. The molecule has 0 aromatic heterocycles. The lowest BCUT2D eigenvalue weighted by Crippen LogP contribution is -2.64. The number of rotatable bonds is 21. The quantitative estimate of drug-likeness (QED) is 0.0706. The highest BCUT2D eigenvalue weighted by Crippen LogP contribution is 2.27. The van der Waals surface area contributed by atoms with Crippen molar-refractivity contribution in [3.8, 4) is 0 Å². The fraction of sp³-hybridized carbons (Fsp3) is 0.817. The molecule has 2 heterocycles. The minimum absolute atomic E-state index is 0.0518. The van der Waals surface area contributed by atoms with E-state index in [1.54, 1.807) is 60.6 Å². The summed E-state index contributed by atoms with van der Waals surface area (Å²) in [6, 6.07) is -14.7. The molecular weight excluding hydrogens is 1240 g/mol. The molecule has 0 radical (unpaired) electrons. The highest BCUT2D eigenvalue weighted by Gasteiger charge is 2.47. The van der Waals surface area contributed by atoms with Crippen molar-refractivity contribution in [1.29, 1.82) is 0 Å². The lowest BCUT2D eigenvalue weighted by Gasteiger charge is -2.41. The third-order valence-electron chi connectivity index (χ3n) is 18.9. The van der Waals surface area contributed by atoms with E-state index < -0.39 is 161 Å². The summed E-state index contributed by atoms with van der Waals surface area (Å²) >= 11 is 0. The molecule has 0 saturated carbocycles. The number of nitrogens with zero attached hydrogens (tertiary/aromatic N) is 8. The Kier molecular flexibility index (Phi) is 35.9. The fourth-order valence-corrected chi connectivity index (χ4v) is 12.7. The summed E-state index contributed by atoms with van der Waals surface area (Å²) in [5, 5.41) is 34.8. The van der Waals surface area contributed by atoms with Gasteiger partial charge in [-0.05, 0) is 135 Å². The Hall–Kier alpha value is -6.25. The highest BCUT2D eigenvalue weighted by atomic mass is 16.5. The lowest BCUT2D eigenvalue weighted by molar-refractivity contribution is -0.157. The van der Waals surface area contributed by atoms with Gasteiger partial charge in [0.15, 0.2) is 0 Å². The third-order valence-corrected chi connectivity index (χ3v) is 18.9. The molecule has 26 heteroatoms. The standard InChI is InChI=1S/C71H128N12O14/c1-25-27-32-47(13)59(84)58-63(88)74-50(26-2)65(90)80(22)55(41-97-36-31-35-83-33-29-28-30-34-83)68(93)79(21)54(40-71(16,17)96)62(87)75-56(45(9)10)69(94)76(18)51(37-42(3)4)61(86)72-48(14)60(85)73-49(15)64(89)77(19)52(38-43(5)6)66(91)78(20)53(39-44(7)8)67(92)81(23)57(46(11)12)70(95)82(58)24/h25,27,42-59,84,96H,26,28-41H2,1-24H3,(H,72,86)(H,73,85)(H,74,88)(H,75,87)/b27-25+/t47-,48+,49-,50+,51+,52+,53+,54+,55-,56+,57+,58+,59-/m1/s1. The molecule has 26 nitrogen and oxygen atoms in total. The van der Waals surface area contributed by atoms with Gasteiger partial charge in [0.1, 0.15) is 66.5 Å². The molecule has 2 aliphatic rings. The van der Waals surface area contributed by atoms with Crippen LogP contribution in [0.1, 0.15) is 182 Å². The van der Waals surface area contributed by atoms with Crippen LogP contribution in [-0.4, -0.2) is 275 Å². The molecule has 6 N–H and O–H groups in total. The van der Waals surface area contributed by atoms with Crippen LogP contribution < -0.4 is 21.3 Å². The average Bonchev–Trinajstić information content (AvgIpc) is 0.808. The summed E-state index contributed by atoms with van der Waals surface area (Å²) in [6.07, 6.45) is 6.17. The molecular formula is C71H128N12O14. The van der Waals surface area contributed by atoms with Crippen molar-refractivity contribution in [2.24, 2.45) is 35.5 Å². The van der Waals surface area contributed by atoms with Crippen LogP contribution in [0.25, 0.3) is 0 Å². The minimum Gasteiger partial charge on any atom is -0.390 e. The maximum Gasteiger partial charge on any atom is 0.248 e. The van der Waals surface area contributed by atoms with Crippen LogP contribution in [0.5, 0.6) is 0 Å². The molecule has 0 aromatic carbocycles. The molecule has 11 amide bonds. The fourth-order valence-electron chi connectivity index (χ4n) is 12.7. The zero-order valence-electron chi connectivity index (χ0n) is 63.5. The van der Waals surface area contributed by atoms with Crippen LogP contribution in [-0.2, 0) is 57.5 Å². The van der Waals surface area contributed by atoms with Gasteiger partial charge in [-0.2, -0.15) is 0 Å². The van der Waals surface area contributed by atoms with Gasteiger partial charge >= 0.3 is 0 Å². The number of aliphatic hydroxyl groups is 2. The smallest absolute Gasteiger partial charge is 0.248 e. The van der Waals surface area contributed by atoms with Crippen molar-refractivity contribution in [1.82, 2.24) is 60.5 Å². The van der Waals surface area contributed by atoms with Gasteiger partial charge in [0.25, 0.3) is 0 Å². The predicted molar refractivity (Wildman–Crippen MR) is 375 cm³/mol. The monoisotopic (exact) mass is 1370 g/mol. The van der Waals surface area contributed by atoms with Crippen molar-refractivity contribution >= 4 is 65.0 Å². The van der Waals surface area contributed by atoms with Gasteiger partial charge in [0.05, 0.1) is 18.3 Å². The van der Waals surface area contributed by atoms with E-state index in [0.717, 1.165) is 53.6 Å². The van der Waals surface area contributed by atoms with Crippen molar-refractivity contribution in [2.75, 3.05) is 82.2 Å². The summed E-state index contributed by atoms with van der Waals surface area (Å²) in [7, 11) is 9.79. The first-order valence-corrected chi connectivity index (χ1v) is 35.4. The first-order chi connectivity index (χ1) is 45.0. The Morgan fingerprint density at radius 3 is 1.46 bits per heavy atom. The second-order valence-electron chi connectivity index (χ2n) is 30.0. The highest BCUT2D eigenvalue weighted by molar-refractivity contribution is 6.00. The van der Waals surface area contributed by atoms with Crippen LogP contribution in [0.4, 0.5) is 0 Å². The topological polar surface area (TPSA) is 312 Å². The third kappa shape index (κ3) is 25.5. The van der Waals surface area contributed by atoms with Crippen molar-refractivity contribution in [3.63, 3.8) is 0 Å². The number of nitrogens with one attached hydrogen (secondary N) is 4. The molecule has 0 bridgehead atoms. The number of likely N-dealkylation sites (tertiary alicyclic amines) is 1. The SMILES string of the molecule is C/C=C/C[C@@H](C)[C@@H](O)[C@H]1C(=O)N[C@@H](CC)C(=O)N(C)[C@H](COCCCN2CCCCC2)C(=O)N(C)[C@@H](CC(C)(C)O)C(=O)N[C@@H](C(C)C)C(=O)N(C)[C@@H](CC(C)C)C(=O)N[C@@H](C)C(=O)N[C@H](C)C(=O)N(C)[C@@H](CC(C)C)C(=O)N(C)[C@@H](CC(C)C)C(=O)N(C)[C@@H](C(C)C)C(=O)N1C. The first-order valence-electron chi connectivity index (χ1n) is 35.4. The maximum absolute atomic E-state index is 15.4. The molecule has 2 aliphatic heterocycles. The van der Waals surface area contributed by atoms with Crippen LogP contribution in [0, 0.1) is 35.5 Å². The van der Waals surface area contributed by atoms with E-state index in [1.165, 1.54) is 96.6 Å². The number of aliphatic hydroxyl groups excluding tert-OH is 1. The number of likely N-dealkylation sites (N-methyl/N-ethyl adjacent to an activating group) is 7. The van der Waals surface area contributed by atoms with E-state index in [4.69, 9.17) is 4.74 Å². The summed E-state index contributed by atoms with van der Waals surface area (Å²) in [6.45, 7) is 31.3. The van der Waals surface area contributed by atoms with E-state index in [1.807, 2.05) is 41.5 Å². The first kappa shape index (κ1) is 86.8. The average molecular weight is 1370 g/mol. The summed E-state index contributed by atoms with van der Waals surface area (Å²) in [4.78, 5) is 175. The number of allylic oxidation sites excluding steroid dienone is 2. The van der Waals surface area contributed by atoms with Crippen LogP contribution >= 0.6 is 0 Å². The number of amides is 11. The largest absolute Gasteiger partial charge is 0.390 e. The summed E-state index contributed by atoms with van der Waals surface area (Å²) in [5.74, 6) is -10.5. The number of ether oxygens (including phenoxy) is 1. The van der Waals surface area contributed by atoms with Crippen LogP contribution in [0.15, 0.2) is 12.2 Å². The lowest BCUT2D eigenvalue weighted by atomic mass is 9.91. The van der Waals surface area contributed by atoms with Gasteiger partial charge in [-0.25, -0.2) is 0 Å². The van der Waals surface area contributed by atoms with Crippen LogP contribution in [0.2, 0.25) is 0 Å². The normalized spacial score (nSPS) is 27.1. The van der Waals surface area contributed by atoms with Crippen molar-refractivity contribution in [2.45, 2.75) is 260 Å². The van der Waals surface area contributed by atoms with Crippen molar-refractivity contribution in [3.05, 3.63) is 12.2 Å². The number of carbonyl (C=O) groups excluding carboxylic acids is 11. The molecule has 0 aliphatic carbocycles. The molecule has 0 spiro atoms. The Morgan fingerprint density at radius 1 is 0.515 bits per heavy atom. The van der Waals surface area contributed by atoms with Gasteiger partial charge in [-0.3, -0.25) is 52.7 Å². The van der Waals surface area contributed by atoms with Crippen LogP contribution in [0.3, 0.4) is 0 Å². The van der Waals surface area contributed by atoms with Gasteiger partial charge < -0.3 is 75.4 Å². The molecule has 556 valence electrons. The van der Waals surface area contributed by atoms with Crippen molar-refractivity contribution < 1.29 is 67.7 Å². The molecule has 2 rings (SSSR count). The molecule has 0 aromatic rings. The molecule has 97 heavy (non-hydrogen) atoms. The van der Waals surface area contributed by atoms with E-state index in [2.05, 4.69) is 26.2 Å². The van der Waals surface area contributed by atoms with E-state index in [-0.39, 0.29) is 69.5 Å². The van der Waals surface area contributed by atoms with Gasteiger partial charge in [-0.15, -0.1) is 0 Å². The number of piperidine rings is 1. The predicted octanol–water partition coefficient (Wildman–Crippen LogP) is 3.65. The van der Waals surface area contributed by atoms with Gasteiger partial charge in [0.2, 0.25) is 65.0 Å². The zero-order chi connectivity index (χ0) is 74.4. The number of hydrogen-bond donors (Lipinski definition) is 6. The Labute approximate surface area is 580 Å². The maximum atomic E-state index is 15.4. The second kappa shape index (κ2) is 40.1. The van der Waals surface area contributed by atoms with E-state index >= 15 is 33.6 Å². The summed E-state index contributed by atoms with van der Waals surface area (Å²) < 4.78 is 6.24. The minimum atomic E-state index is -1.67. The zero-order valence-corrected chi connectivity index (χ0v) is 63.5. The molecule has 2 fully saturated rings. The Balaban J connectivity index is 3.11. The number of hydrogen-bond acceptors (Lipinski definition) is 15. The Morgan fingerprint density at radius 2 is 0.969 bits per heavy atom. The molecule has 13 atom stereocenters.